The van der Waals surface area contributed by atoms with Crippen LogP contribution in [0, 0.1) is 0 Å². The number of hydrogen-bond acceptors (Lipinski definition) is 3. The Morgan fingerprint density at radius 3 is 2.57 bits per heavy atom. The van der Waals surface area contributed by atoms with Crippen LogP contribution in [0.3, 0.4) is 0 Å². The van der Waals surface area contributed by atoms with Crippen LogP contribution < -0.4 is 5.32 Å². The zero-order chi connectivity index (χ0) is 16.9. The molecule has 1 aliphatic rings. The highest BCUT2D eigenvalue weighted by Gasteiger charge is 2.41. The maximum absolute atomic E-state index is 12.3. The standard InChI is InChI=1S/C17H21Cl2NO3/c1-23-16(22)17(10-3-2-4-11-17)20-14(21)9-8-12-6-5-7-13(18)15(12)19/h5-7H,2-4,8-11H2,1H3,(H,20,21). The summed E-state index contributed by atoms with van der Waals surface area (Å²) in [5.41, 5.74) is -0.0487. The summed E-state index contributed by atoms with van der Waals surface area (Å²) < 4.78 is 4.90. The normalized spacial score (nSPS) is 16.7. The molecule has 0 atom stereocenters. The highest BCUT2D eigenvalue weighted by atomic mass is 35.5. The van der Waals surface area contributed by atoms with Gasteiger partial charge < -0.3 is 10.1 Å². The molecular weight excluding hydrogens is 337 g/mol. The highest BCUT2D eigenvalue weighted by molar-refractivity contribution is 6.42. The molecule has 1 N–H and O–H groups in total. The second-order valence-corrected chi connectivity index (χ2v) is 6.68. The Bertz CT molecular complexity index is 583. The number of amides is 1. The van der Waals surface area contributed by atoms with Gasteiger partial charge in [-0.05, 0) is 30.9 Å². The quantitative estimate of drug-likeness (QED) is 0.812. The molecular formula is C17H21Cl2NO3. The van der Waals surface area contributed by atoms with E-state index in [1.54, 1.807) is 12.1 Å². The zero-order valence-corrected chi connectivity index (χ0v) is 14.7. The van der Waals surface area contributed by atoms with Gasteiger partial charge in [0.1, 0.15) is 5.54 Å². The Morgan fingerprint density at radius 1 is 1.22 bits per heavy atom. The summed E-state index contributed by atoms with van der Waals surface area (Å²) in [5.74, 6) is -0.528. The third-order valence-electron chi connectivity index (χ3n) is 4.31. The van der Waals surface area contributed by atoms with Gasteiger partial charge in [-0.1, -0.05) is 54.6 Å². The van der Waals surface area contributed by atoms with Crippen molar-refractivity contribution in [2.45, 2.75) is 50.5 Å². The molecule has 1 amide bonds. The topological polar surface area (TPSA) is 55.4 Å². The molecule has 0 aliphatic heterocycles. The van der Waals surface area contributed by atoms with Gasteiger partial charge >= 0.3 is 5.97 Å². The van der Waals surface area contributed by atoms with Crippen molar-refractivity contribution in [3.8, 4) is 0 Å². The Labute approximate surface area is 146 Å². The molecule has 4 nitrogen and oxygen atoms in total. The third kappa shape index (κ3) is 4.39. The first kappa shape index (κ1) is 18.1. The van der Waals surface area contributed by atoms with Gasteiger partial charge in [0.2, 0.25) is 5.91 Å². The average molecular weight is 358 g/mol. The van der Waals surface area contributed by atoms with Crippen LogP contribution in [0.5, 0.6) is 0 Å². The fourth-order valence-electron chi connectivity index (χ4n) is 3.05. The number of carbonyl (C=O) groups is 2. The van der Waals surface area contributed by atoms with Crippen molar-refractivity contribution < 1.29 is 14.3 Å². The van der Waals surface area contributed by atoms with Gasteiger partial charge in [-0.25, -0.2) is 4.79 Å². The van der Waals surface area contributed by atoms with Crippen molar-refractivity contribution in [3.63, 3.8) is 0 Å². The molecule has 0 aromatic heterocycles. The first-order valence-corrected chi connectivity index (χ1v) is 8.56. The van der Waals surface area contributed by atoms with Crippen LogP contribution in [-0.2, 0) is 20.7 Å². The van der Waals surface area contributed by atoms with E-state index >= 15 is 0 Å². The fourth-order valence-corrected chi connectivity index (χ4v) is 3.46. The fraction of sp³-hybridized carbons (Fsp3) is 0.529. The van der Waals surface area contributed by atoms with Gasteiger partial charge in [-0.2, -0.15) is 0 Å². The number of hydrogen-bond donors (Lipinski definition) is 1. The smallest absolute Gasteiger partial charge is 0.331 e. The lowest BCUT2D eigenvalue weighted by Crippen LogP contribution is -2.56. The van der Waals surface area contributed by atoms with E-state index in [9.17, 15) is 9.59 Å². The van der Waals surface area contributed by atoms with E-state index in [1.807, 2.05) is 6.07 Å². The van der Waals surface area contributed by atoms with Gasteiger partial charge in [0.15, 0.2) is 0 Å². The molecule has 1 fully saturated rings. The number of nitrogens with one attached hydrogen (secondary N) is 1. The van der Waals surface area contributed by atoms with E-state index in [2.05, 4.69) is 5.32 Å². The lowest BCUT2D eigenvalue weighted by molar-refractivity contribution is -0.152. The monoisotopic (exact) mass is 357 g/mol. The van der Waals surface area contributed by atoms with Crippen LogP contribution in [-0.4, -0.2) is 24.5 Å². The van der Waals surface area contributed by atoms with Crippen molar-refractivity contribution in [2.24, 2.45) is 0 Å². The number of rotatable bonds is 5. The van der Waals surface area contributed by atoms with Crippen LogP contribution in [0.25, 0.3) is 0 Å². The molecule has 1 aromatic carbocycles. The number of halogens is 2. The van der Waals surface area contributed by atoms with Crippen molar-refractivity contribution in [1.82, 2.24) is 5.32 Å². The predicted octanol–water partition coefficient (Wildman–Crippen LogP) is 3.92. The lowest BCUT2D eigenvalue weighted by Gasteiger charge is -2.35. The molecule has 6 heteroatoms. The summed E-state index contributed by atoms with van der Waals surface area (Å²) in [4.78, 5) is 24.4. The van der Waals surface area contributed by atoms with Crippen LogP contribution >= 0.6 is 23.2 Å². The summed E-state index contributed by atoms with van der Waals surface area (Å²) in [6.45, 7) is 0. The second kappa shape index (κ2) is 8.02. The maximum atomic E-state index is 12.3. The molecule has 126 valence electrons. The van der Waals surface area contributed by atoms with E-state index < -0.39 is 5.54 Å². The predicted molar refractivity (Wildman–Crippen MR) is 90.8 cm³/mol. The molecule has 1 aliphatic carbocycles. The highest BCUT2D eigenvalue weighted by Crippen LogP contribution is 2.30. The van der Waals surface area contributed by atoms with E-state index in [1.165, 1.54) is 7.11 Å². The molecule has 23 heavy (non-hydrogen) atoms. The van der Waals surface area contributed by atoms with Gasteiger partial charge in [0.05, 0.1) is 17.2 Å². The Balaban J connectivity index is 1.99. The van der Waals surface area contributed by atoms with E-state index in [4.69, 9.17) is 27.9 Å². The van der Waals surface area contributed by atoms with E-state index in [0.29, 0.717) is 29.3 Å². The zero-order valence-electron chi connectivity index (χ0n) is 13.2. The molecule has 0 radical (unpaired) electrons. The Kier molecular flexibility index (Phi) is 6.31. The van der Waals surface area contributed by atoms with Gasteiger partial charge in [-0.15, -0.1) is 0 Å². The SMILES string of the molecule is COC(=O)C1(NC(=O)CCc2cccc(Cl)c2Cl)CCCCC1. The molecule has 1 aromatic rings. The first-order chi connectivity index (χ1) is 11.0. The molecule has 0 unspecified atom stereocenters. The third-order valence-corrected chi connectivity index (χ3v) is 5.17. The van der Waals surface area contributed by atoms with Crippen LogP contribution in [0.1, 0.15) is 44.1 Å². The van der Waals surface area contributed by atoms with Crippen molar-refractivity contribution in [3.05, 3.63) is 33.8 Å². The molecule has 2 rings (SSSR count). The number of benzene rings is 1. The van der Waals surface area contributed by atoms with Crippen LogP contribution in [0.15, 0.2) is 18.2 Å². The number of esters is 1. The Hall–Kier alpha value is -1.26. The summed E-state index contributed by atoms with van der Waals surface area (Å²) in [7, 11) is 1.36. The van der Waals surface area contributed by atoms with Gasteiger partial charge in [-0.3, -0.25) is 4.79 Å². The lowest BCUT2D eigenvalue weighted by atomic mass is 9.81. The molecule has 1 saturated carbocycles. The molecule has 0 spiro atoms. The average Bonchev–Trinajstić information content (AvgIpc) is 2.56. The summed E-state index contributed by atoms with van der Waals surface area (Å²) >= 11 is 12.1. The minimum absolute atomic E-state index is 0.173. The summed E-state index contributed by atoms with van der Waals surface area (Å²) in [6.07, 6.45) is 4.88. The van der Waals surface area contributed by atoms with Crippen LogP contribution in [0.2, 0.25) is 10.0 Å². The van der Waals surface area contributed by atoms with Crippen molar-refractivity contribution >= 4 is 35.1 Å². The minimum atomic E-state index is -0.873. The molecule has 0 bridgehead atoms. The van der Waals surface area contributed by atoms with E-state index in [-0.39, 0.29) is 18.3 Å². The number of methoxy groups -OCH3 is 1. The molecule has 0 saturated heterocycles. The van der Waals surface area contributed by atoms with Crippen molar-refractivity contribution in [2.75, 3.05) is 7.11 Å². The number of ether oxygens (including phenoxy) is 1. The summed E-state index contributed by atoms with van der Waals surface area (Å²) in [5, 5.41) is 3.85. The van der Waals surface area contributed by atoms with Gasteiger partial charge in [0.25, 0.3) is 0 Å². The Morgan fingerprint density at radius 2 is 1.91 bits per heavy atom. The number of carbonyl (C=O) groups excluding carboxylic acids is 2. The van der Waals surface area contributed by atoms with Crippen molar-refractivity contribution in [1.29, 1.82) is 0 Å². The number of aryl methyl sites for hydroxylation is 1. The second-order valence-electron chi connectivity index (χ2n) is 5.90. The maximum Gasteiger partial charge on any atom is 0.331 e. The molecule has 0 heterocycles. The van der Waals surface area contributed by atoms with E-state index in [0.717, 1.165) is 24.8 Å². The first-order valence-electron chi connectivity index (χ1n) is 7.81. The van der Waals surface area contributed by atoms with Crippen LogP contribution in [0.4, 0.5) is 0 Å². The largest absolute Gasteiger partial charge is 0.467 e. The van der Waals surface area contributed by atoms with Gasteiger partial charge in [0, 0.05) is 6.42 Å². The summed E-state index contributed by atoms with van der Waals surface area (Å²) in [6, 6.07) is 5.36. The minimum Gasteiger partial charge on any atom is -0.467 e.